The van der Waals surface area contributed by atoms with E-state index >= 15 is 0 Å². The third kappa shape index (κ3) is 3.84. The second kappa shape index (κ2) is 7.77. The van der Waals surface area contributed by atoms with Crippen molar-refractivity contribution in [2.45, 2.75) is 13.0 Å². The summed E-state index contributed by atoms with van der Waals surface area (Å²) in [4.78, 5) is 24.7. The maximum absolute atomic E-state index is 12.3. The minimum atomic E-state index is -1.01. The molecule has 0 aliphatic heterocycles. The summed E-state index contributed by atoms with van der Waals surface area (Å²) in [6.07, 6.45) is -1.01. The van der Waals surface area contributed by atoms with Crippen molar-refractivity contribution in [3.63, 3.8) is 0 Å². The number of rotatable bonds is 6. The smallest absolute Gasteiger partial charge is 0.360 e. The molecule has 1 atom stereocenters. The van der Waals surface area contributed by atoms with Crippen molar-refractivity contribution in [2.75, 3.05) is 19.5 Å². The highest BCUT2D eigenvalue weighted by atomic mass is 16.5. The number of anilines is 1. The van der Waals surface area contributed by atoms with E-state index in [0.717, 1.165) is 0 Å². The molecule has 0 fully saturated rings. The Bertz CT molecular complexity index is 982. The van der Waals surface area contributed by atoms with Gasteiger partial charge in [0, 0.05) is 17.1 Å². The Morgan fingerprint density at radius 1 is 1.07 bits per heavy atom. The number of nitrogens with zero attached hydrogens (tertiary/aromatic N) is 1. The molecule has 1 aromatic heterocycles. The summed E-state index contributed by atoms with van der Waals surface area (Å²) >= 11 is 0. The van der Waals surface area contributed by atoms with Crippen LogP contribution >= 0.6 is 0 Å². The van der Waals surface area contributed by atoms with Crippen LogP contribution in [-0.2, 0) is 9.53 Å². The molecule has 27 heavy (non-hydrogen) atoms. The first kappa shape index (κ1) is 18.2. The molecule has 3 aromatic rings. The molecule has 1 amide bonds. The zero-order valence-corrected chi connectivity index (χ0v) is 15.1. The Morgan fingerprint density at radius 2 is 1.81 bits per heavy atom. The Morgan fingerprint density at radius 3 is 2.56 bits per heavy atom. The van der Waals surface area contributed by atoms with Gasteiger partial charge in [-0.3, -0.25) is 9.89 Å². The summed E-state index contributed by atoms with van der Waals surface area (Å²) < 4.78 is 15.6. The van der Waals surface area contributed by atoms with Gasteiger partial charge in [0.15, 0.2) is 23.3 Å². The van der Waals surface area contributed by atoms with E-state index in [-0.39, 0.29) is 5.69 Å². The minimum Gasteiger partial charge on any atom is -0.493 e. The van der Waals surface area contributed by atoms with Crippen LogP contribution in [0, 0.1) is 0 Å². The van der Waals surface area contributed by atoms with Crippen molar-refractivity contribution in [3.8, 4) is 11.5 Å². The number of fused-ring (bicyclic) bond motifs is 1. The van der Waals surface area contributed by atoms with Gasteiger partial charge in [-0.1, -0.05) is 18.2 Å². The molecule has 0 radical (unpaired) electrons. The number of hydrogen-bond acceptors (Lipinski definition) is 6. The second-order valence-corrected chi connectivity index (χ2v) is 5.72. The summed E-state index contributed by atoms with van der Waals surface area (Å²) in [5.74, 6) is -0.138. The van der Waals surface area contributed by atoms with E-state index < -0.39 is 18.0 Å². The topological polar surface area (TPSA) is 103 Å². The van der Waals surface area contributed by atoms with Gasteiger partial charge in [0.2, 0.25) is 0 Å². The first-order valence-corrected chi connectivity index (χ1v) is 8.20. The lowest BCUT2D eigenvalue weighted by atomic mass is 10.2. The van der Waals surface area contributed by atoms with Crippen molar-refractivity contribution in [1.29, 1.82) is 0 Å². The number of hydrogen-bond donors (Lipinski definition) is 2. The molecule has 0 spiro atoms. The van der Waals surface area contributed by atoms with Crippen molar-refractivity contribution in [1.82, 2.24) is 10.2 Å². The number of aromatic nitrogens is 2. The Hall–Kier alpha value is -3.55. The molecule has 0 aliphatic rings. The molecule has 0 unspecified atom stereocenters. The van der Waals surface area contributed by atoms with Gasteiger partial charge < -0.3 is 19.5 Å². The first-order valence-electron chi connectivity index (χ1n) is 8.20. The van der Waals surface area contributed by atoms with Gasteiger partial charge in [-0.25, -0.2) is 4.79 Å². The van der Waals surface area contributed by atoms with Crippen LogP contribution in [0.5, 0.6) is 11.5 Å². The highest BCUT2D eigenvalue weighted by Crippen LogP contribution is 2.29. The van der Waals surface area contributed by atoms with Crippen molar-refractivity contribution >= 4 is 28.5 Å². The summed E-state index contributed by atoms with van der Waals surface area (Å²) in [6.45, 7) is 1.49. The molecule has 8 heteroatoms. The van der Waals surface area contributed by atoms with Crippen LogP contribution in [0.25, 0.3) is 10.9 Å². The number of benzene rings is 2. The molecule has 3 rings (SSSR count). The summed E-state index contributed by atoms with van der Waals surface area (Å²) in [6, 6.07) is 12.1. The lowest BCUT2D eigenvalue weighted by Crippen LogP contribution is -2.30. The number of para-hydroxylation sites is 1. The average molecular weight is 369 g/mol. The number of amides is 1. The fourth-order valence-electron chi connectivity index (χ4n) is 2.55. The molecular formula is C19H19N3O5. The fraction of sp³-hybridized carbons (Fsp3) is 0.211. The zero-order valence-electron chi connectivity index (χ0n) is 15.1. The number of H-pyrrole nitrogens is 1. The maximum Gasteiger partial charge on any atom is 0.360 e. The molecule has 0 aliphatic carbocycles. The van der Waals surface area contributed by atoms with Gasteiger partial charge in [-0.15, -0.1) is 0 Å². The SMILES string of the molecule is COc1ccc(NC(=O)[C@@H](C)OC(=O)c2n[nH]c3ccccc23)cc1OC. The maximum atomic E-state index is 12.3. The van der Waals surface area contributed by atoms with Gasteiger partial charge in [0.05, 0.1) is 19.7 Å². The molecule has 1 heterocycles. The molecule has 0 bridgehead atoms. The Balaban J connectivity index is 1.68. The van der Waals surface area contributed by atoms with Crippen molar-refractivity contribution in [3.05, 3.63) is 48.2 Å². The van der Waals surface area contributed by atoms with Gasteiger partial charge in [0.1, 0.15) is 0 Å². The second-order valence-electron chi connectivity index (χ2n) is 5.72. The first-order chi connectivity index (χ1) is 13.0. The molecular weight excluding hydrogens is 350 g/mol. The largest absolute Gasteiger partial charge is 0.493 e. The van der Waals surface area contributed by atoms with Crippen LogP contribution in [-0.4, -0.2) is 42.4 Å². The van der Waals surface area contributed by atoms with E-state index in [1.165, 1.54) is 21.1 Å². The molecule has 8 nitrogen and oxygen atoms in total. The van der Waals surface area contributed by atoms with Gasteiger partial charge in [-0.2, -0.15) is 5.10 Å². The van der Waals surface area contributed by atoms with Gasteiger partial charge in [0.25, 0.3) is 5.91 Å². The Kier molecular flexibility index (Phi) is 5.25. The number of nitrogens with one attached hydrogen (secondary N) is 2. The van der Waals surface area contributed by atoms with E-state index in [1.54, 1.807) is 36.4 Å². The van der Waals surface area contributed by atoms with Crippen LogP contribution in [0.1, 0.15) is 17.4 Å². The standard InChI is InChI=1S/C19H19N3O5/c1-11(18(23)20-12-8-9-15(25-2)16(10-12)26-3)27-19(24)17-13-6-4-5-7-14(13)21-22-17/h4-11H,1-3H3,(H,20,23)(H,21,22)/t11-/m1/s1. The predicted octanol–water partition coefficient (Wildman–Crippen LogP) is 2.76. The van der Waals surface area contributed by atoms with Crippen LogP contribution in [0.4, 0.5) is 5.69 Å². The minimum absolute atomic E-state index is 0.136. The lowest BCUT2D eigenvalue weighted by Gasteiger charge is -2.14. The van der Waals surface area contributed by atoms with Crippen LogP contribution in [0.2, 0.25) is 0 Å². The van der Waals surface area contributed by atoms with E-state index in [0.29, 0.717) is 28.1 Å². The number of methoxy groups -OCH3 is 2. The number of aromatic amines is 1. The highest BCUT2D eigenvalue weighted by Gasteiger charge is 2.22. The number of carbonyl (C=O) groups is 2. The molecule has 2 aromatic carbocycles. The fourth-order valence-corrected chi connectivity index (χ4v) is 2.55. The molecule has 140 valence electrons. The third-order valence-corrected chi connectivity index (χ3v) is 3.97. The van der Waals surface area contributed by atoms with Crippen LogP contribution in [0.15, 0.2) is 42.5 Å². The predicted molar refractivity (Wildman–Crippen MR) is 99.1 cm³/mol. The van der Waals surface area contributed by atoms with Crippen LogP contribution < -0.4 is 14.8 Å². The van der Waals surface area contributed by atoms with E-state index in [1.807, 2.05) is 6.07 Å². The quantitative estimate of drug-likeness (QED) is 0.648. The monoisotopic (exact) mass is 369 g/mol. The van der Waals surface area contributed by atoms with E-state index in [2.05, 4.69) is 15.5 Å². The number of esters is 1. The molecule has 0 saturated carbocycles. The van der Waals surface area contributed by atoms with Crippen molar-refractivity contribution < 1.29 is 23.8 Å². The van der Waals surface area contributed by atoms with Crippen LogP contribution in [0.3, 0.4) is 0 Å². The van der Waals surface area contributed by atoms with Gasteiger partial charge in [-0.05, 0) is 25.1 Å². The number of ether oxygens (including phenoxy) is 3. The highest BCUT2D eigenvalue weighted by molar-refractivity contribution is 6.03. The zero-order chi connectivity index (χ0) is 19.4. The molecule has 2 N–H and O–H groups in total. The van der Waals surface area contributed by atoms with E-state index in [9.17, 15) is 9.59 Å². The Labute approximate surface area is 155 Å². The van der Waals surface area contributed by atoms with Gasteiger partial charge >= 0.3 is 5.97 Å². The summed E-state index contributed by atoms with van der Waals surface area (Å²) in [5.41, 5.74) is 1.34. The molecule has 0 saturated heterocycles. The summed E-state index contributed by atoms with van der Waals surface area (Å²) in [5, 5.41) is 10.0. The van der Waals surface area contributed by atoms with Crippen molar-refractivity contribution in [2.24, 2.45) is 0 Å². The third-order valence-electron chi connectivity index (χ3n) is 3.97. The summed E-state index contributed by atoms with van der Waals surface area (Å²) in [7, 11) is 3.03. The number of carbonyl (C=O) groups excluding carboxylic acids is 2. The average Bonchev–Trinajstić information content (AvgIpc) is 3.12. The normalized spacial score (nSPS) is 11.7. The lowest BCUT2D eigenvalue weighted by molar-refractivity contribution is -0.123. The van der Waals surface area contributed by atoms with E-state index in [4.69, 9.17) is 14.2 Å².